The minimum atomic E-state index is 0.133. The van der Waals surface area contributed by atoms with Crippen LogP contribution in [0.3, 0.4) is 0 Å². The zero-order valence-corrected chi connectivity index (χ0v) is 12.3. The van der Waals surface area contributed by atoms with Crippen LogP contribution in [0, 0.1) is 0 Å². The van der Waals surface area contributed by atoms with Crippen molar-refractivity contribution in [1.29, 1.82) is 0 Å². The Labute approximate surface area is 121 Å². The highest BCUT2D eigenvalue weighted by molar-refractivity contribution is 5.76. The van der Waals surface area contributed by atoms with Crippen molar-refractivity contribution in [2.24, 2.45) is 0 Å². The summed E-state index contributed by atoms with van der Waals surface area (Å²) in [6.07, 6.45) is 3.12. The number of likely N-dealkylation sites (tertiary alicyclic amines) is 1. The molecular formula is C16H25N3O. The predicted octanol–water partition coefficient (Wildman–Crippen LogP) is 1.97. The van der Waals surface area contributed by atoms with Gasteiger partial charge in [-0.2, -0.15) is 0 Å². The van der Waals surface area contributed by atoms with Crippen molar-refractivity contribution in [2.75, 3.05) is 31.9 Å². The first-order valence-electron chi connectivity index (χ1n) is 7.49. The highest BCUT2D eigenvalue weighted by Gasteiger charge is 2.13. The molecule has 3 N–H and O–H groups in total. The second-order valence-corrected chi connectivity index (χ2v) is 5.67. The average Bonchev–Trinajstić information content (AvgIpc) is 2.92. The van der Waals surface area contributed by atoms with Crippen molar-refractivity contribution >= 4 is 11.6 Å². The Balaban J connectivity index is 1.69. The lowest BCUT2D eigenvalue weighted by Crippen LogP contribution is -2.33. The van der Waals surface area contributed by atoms with Gasteiger partial charge in [-0.25, -0.2) is 0 Å². The van der Waals surface area contributed by atoms with Gasteiger partial charge in [-0.1, -0.05) is 19.1 Å². The number of carbonyl (C=O) groups excluding carboxylic acids is 1. The van der Waals surface area contributed by atoms with Gasteiger partial charge in [0.15, 0.2) is 0 Å². The third-order valence-electron chi connectivity index (χ3n) is 3.95. The molecular weight excluding hydrogens is 250 g/mol. The summed E-state index contributed by atoms with van der Waals surface area (Å²) in [5.74, 6) is 0.357. The van der Waals surface area contributed by atoms with Gasteiger partial charge >= 0.3 is 0 Å². The Morgan fingerprint density at radius 2 is 1.95 bits per heavy atom. The SMILES string of the molecule is CC(CC(=O)NCCN1CCCC1)c1ccc(N)cc1. The fraction of sp³-hybridized carbons (Fsp3) is 0.562. The summed E-state index contributed by atoms with van der Waals surface area (Å²) in [5.41, 5.74) is 7.59. The van der Waals surface area contributed by atoms with Crippen molar-refractivity contribution < 1.29 is 4.79 Å². The van der Waals surface area contributed by atoms with Crippen LogP contribution in [-0.4, -0.2) is 37.0 Å². The number of benzene rings is 1. The molecule has 2 rings (SSSR count). The molecule has 1 amide bonds. The zero-order chi connectivity index (χ0) is 14.4. The summed E-state index contributed by atoms with van der Waals surface area (Å²) in [6.45, 7) is 6.16. The van der Waals surface area contributed by atoms with Crippen LogP contribution in [-0.2, 0) is 4.79 Å². The maximum Gasteiger partial charge on any atom is 0.220 e. The Kier molecular flexibility index (Phi) is 5.41. The number of nitrogen functional groups attached to an aromatic ring is 1. The normalized spacial score (nSPS) is 17.1. The predicted molar refractivity (Wildman–Crippen MR) is 82.6 cm³/mol. The molecule has 1 aromatic carbocycles. The van der Waals surface area contributed by atoms with Crippen LogP contribution < -0.4 is 11.1 Å². The molecule has 0 saturated carbocycles. The van der Waals surface area contributed by atoms with Crippen LogP contribution >= 0.6 is 0 Å². The first-order chi connectivity index (χ1) is 9.65. The maximum atomic E-state index is 11.9. The first kappa shape index (κ1) is 14.9. The van der Waals surface area contributed by atoms with E-state index in [-0.39, 0.29) is 11.8 Å². The Morgan fingerprint density at radius 3 is 2.60 bits per heavy atom. The first-order valence-corrected chi connectivity index (χ1v) is 7.49. The smallest absolute Gasteiger partial charge is 0.220 e. The van der Waals surface area contributed by atoms with E-state index in [4.69, 9.17) is 5.73 Å². The van der Waals surface area contributed by atoms with Crippen LogP contribution in [0.5, 0.6) is 0 Å². The zero-order valence-electron chi connectivity index (χ0n) is 12.3. The van der Waals surface area contributed by atoms with Crippen molar-refractivity contribution in [3.63, 3.8) is 0 Å². The molecule has 1 aliphatic rings. The fourth-order valence-corrected chi connectivity index (χ4v) is 2.65. The molecule has 1 aliphatic heterocycles. The largest absolute Gasteiger partial charge is 0.399 e. The fourth-order valence-electron chi connectivity index (χ4n) is 2.65. The summed E-state index contributed by atoms with van der Waals surface area (Å²) in [4.78, 5) is 14.3. The van der Waals surface area contributed by atoms with Gasteiger partial charge in [0.1, 0.15) is 0 Å². The van der Waals surface area contributed by atoms with Crippen LogP contribution in [0.15, 0.2) is 24.3 Å². The molecule has 1 aromatic rings. The number of anilines is 1. The minimum Gasteiger partial charge on any atom is -0.399 e. The Hall–Kier alpha value is -1.55. The Bertz CT molecular complexity index is 424. The molecule has 1 heterocycles. The van der Waals surface area contributed by atoms with E-state index in [1.54, 1.807) is 0 Å². The van der Waals surface area contributed by atoms with Crippen molar-refractivity contribution in [3.8, 4) is 0 Å². The number of nitrogens with two attached hydrogens (primary N) is 1. The van der Waals surface area contributed by atoms with Gasteiger partial charge in [-0.15, -0.1) is 0 Å². The number of carbonyl (C=O) groups is 1. The topological polar surface area (TPSA) is 58.4 Å². The van der Waals surface area contributed by atoms with Crippen molar-refractivity contribution in [3.05, 3.63) is 29.8 Å². The molecule has 4 heteroatoms. The molecule has 0 spiro atoms. The van der Waals surface area contributed by atoms with Gasteiger partial charge in [-0.05, 0) is 49.5 Å². The van der Waals surface area contributed by atoms with E-state index < -0.39 is 0 Å². The van der Waals surface area contributed by atoms with E-state index in [9.17, 15) is 4.79 Å². The van der Waals surface area contributed by atoms with Crippen LogP contribution in [0.4, 0.5) is 5.69 Å². The van der Waals surface area contributed by atoms with E-state index in [0.29, 0.717) is 6.42 Å². The van der Waals surface area contributed by atoms with Gasteiger partial charge in [-0.3, -0.25) is 4.79 Å². The third kappa shape index (κ3) is 4.53. The van der Waals surface area contributed by atoms with Gasteiger partial charge in [0.25, 0.3) is 0 Å². The second-order valence-electron chi connectivity index (χ2n) is 5.67. The van der Waals surface area contributed by atoms with E-state index >= 15 is 0 Å². The van der Waals surface area contributed by atoms with Crippen molar-refractivity contribution in [2.45, 2.75) is 32.1 Å². The van der Waals surface area contributed by atoms with Gasteiger partial charge in [0.05, 0.1) is 0 Å². The van der Waals surface area contributed by atoms with Gasteiger partial charge in [0, 0.05) is 25.2 Å². The van der Waals surface area contributed by atoms with Crippen LogP contribution in [0.25, 0.3) is 0 Å². The lowest BCUT2D eigenvalue weighted by Gasteiger charge is -2.16. The Morgan fingerprint density at radius 1 is 1.30 bits per heavy atom. The number of amides is 1. The van der Waals surface area contributed by atoms with Crippen LogP contribution in [0.1, 0.15) is 37.7 Å². The average molecular weight is 275 g/mol. The molecule has 0 bridgehead atoms. The standard InChI is InChI=1S/C16H25N3O/c1-13(14-4-6-15(17)7-5-14)12-16(20)18-8-11-19-9-2-3-10-19/h4-7,13H,2-3,8-12,17H2,1H3,(H,18,20). The summed E-state index contributed by atoms with van der Waals surface area (Å²) in [5, 5.41) is 3.02. The number of nitrogens with one attached hydrogen (secondary N) is 1. The third-order valence-corrected chi connectivity index (χ3v) is 3.95. The highest BCUT2D eigenvalue weighted by atomic mass is 16.1. The maximum absolute atomic E-state index is 11.9. The number of hydrogen-bond donors (Lipinski definition) is 2. The summed E-state index contributed by atoms with van der Waals surface area (Å²) < 4.78 is 0. The minimum absolute atomic E-state index is 0.133. The van der Waals surface area contributed by atoms with Gasteiger partial charge < -0.3 is 16.0 Å². The summed E-state index contributed by atoms with van der Waals surface area (Å²) in [7, 11) is 0. The lowest BCUT2D eigenvalue weighted by molar-refractivity contribution is -0.121. The molecule has 1 atom stereocenters. The molecule has 4 nitrogen and oxygen atoms in total. The quantitative estimate of drug-likeness (QED) is 0.780. The molecule has 0 radical (unpaired) electrons. The van der Waals surface area contributed by atoms with E-state index in [0.717, 1.165) is 24.3 Å². The van der Waals surface area contributed by atoms with Crippen LogP contribution in [0.2, 0.25) is 0 Å². The second kappa shape index (κ2) is 7.29. The van der Waals surface area contributed by atoms with E-state index in [1.807, 2.05) is 24.3 Å². The van der Waals surface area contributed by atoms with Crippen molar-refractivity contribution in [1.82, 2.24) is 10.2 Å². The molecule has 1 saturated heterocycles. The van der Waals surface area contributed by atoms with E-state index in [1.165, 1.54) is 25.9 Å². The monoisotopic (exact) mass is 275 g/mol. The van der Waals surface area contributed by atoms with Gasteiger partial charge in [0.2, 0.25) is 5.91 Å². The summed E-state index contributed by atoms with van der Waals surface area (Å²) >= 11 is 0. The molecule has 110 valence electrons. The number of rotatable bonds is 6. The molecule has 20 heavy (non-hydrogen) atoms. The molecule has 1 fully saturated rings. The van der Waals surface area contributed by atoms with E-state index in [2.05, 4.69) is 17.1 Å². The summed E-state index contributed by atoms with van der Waals surface area (Å²) in [6, 6.07) is 7.77. The number of hydrogen-bond acceptors (Lipinski definition) is 3. The number of nitrogens with zero attached hydrogens (tertiary/aromatic N) is 1. The highest BCUT2D eigenvalue weighted by Crippen LogP contribution is 2.19. The molecule has 0 aromatic heterocycles. The lowest BCUT2D eigenvalue weighted by atomic mass is 9.97. The molecule has 0 aliphatic carbocycles. The molecule has 1 unspecified atom stereocenters.